The Hall–Kier alpha value is -2.21. The molecule has 6 heteroatoms. The molecule has 0 aliphatic carbocycles. The Bertz CT molecular complexity index is 650. The number of hydrogen-bond donors (Lipinski definition) is 2. The molecule has 1 unspecified atom stereocenters. The Labute approximate surface area is 116 Å². The summed E-state index contributed by atoms with van der Waals surface area (Å²) < 4.78 is 15.1. The van der Waals surface area contributed by atoms with E-state index in [0.717, 1.165) is 0 Å². The summed E-state index contributed by atoms with van der Waals surface area (Å²) in [4.78, 5) is 11.5. The molecule has 0 aliphatic heterocycles. The molecule has 1 aromatic heterocycles. The van der Waals surface area contributed by atoms with Crippen LogP contribution in [0.25, 0.3) is 5.69 Å². The summed E-state index contributed by atoms with van der Waals surface area (Å²) in [6.45, 7) is 3.19. The second-order valence-corrected chi connectivity index (χ2v) is 4.56. The van der Waals surface area contributed by atoms with Crippen LogP contribution in [0.3, 0.4) is 0 Å². The lowest BCUT2D eigenvalue weighted by Crippen LogP contribution is -2.18. The predicted molar refractivity (Wildman–Crippen MR) is 72.3 cm³/mol. The lowest BCUT2D eigenvalue weighted by molar-refractivity contribution is 0.0957. The van der Waals surface area contributed by atoms with Crippen LogP contribution < -0.4 is 5.32 Å². The molecule has 0 saturated heterocycles. The molecule has 0 bridgehead atoms. The monoisotopic (exact) mass is 277 g/mol. The van der Waals surface area contributed by atoms with E-state index in [0.29, 0.717) is 16.8 Å². The highest BCUT2D eigenvalue weighted by Crippen LogP contribution is 2.24. The molecule has 0 saturated carbocycles. The van der Waals surface area contributed by atoms with Crippen molar-refractivity contribution in [3.63, 3.8) is 0 Å². The van der Waals surface area contributed by atoms with Crippen LogP contribution in [0.5, 0.6) is 0 Å². The average molecular weight is 277 g/mol. The lowest BCUT2D eigenvalue weighted by Gasteiger charge is -2.13. The van der Waals surface area contributed by atoms with Gasteiger partial charge in [-0.2, -0.15) is 5.10 Å². The average Bonchev–Trinajstić information content (AvgIpc) is 2.89. The number of aliphatic hydroxyl groups excluding tert-OH is 1. The van der Waals surface area contributed by atoms with E-state index >= 15 is 0 Å². The molecule has 5 nitrogen and oxygen atoms in total. The van der Waals surface area contributed by atoms with E-state index in [1.807, 2.05) is 0 Å². The van der Waals surface area contributed by atoms with Crippen LogP contribution in [-0.2, 0) is 0 Å². The van der Waals surface area contributed by atoms with Crippen molar-refractivity contribution < 1.29 is 14.3 Å². The zero-order valence-electron chi connectivity index (χ0n) is 11.5. The van der Waals surface area contributed by atoms with Crippen molar-refractivity contribution in [2.75, 3.05) is 7.05 Å². The molecule has 0 radical (unpaired) electrons. The lowest BCUT2D eigenvalue weighted by atomic mass is 10.1. The third kappa shape index (κ3) is 2.55. The highest BCUT2D eigenvalue weighted by molar-refractivity contribution is 5.91. The fraction of sp³-hybridized carbons (Fsp3) is 0.286. The van der Waals surface area contributed by atoms with Crippen molar-refractivity contribution in [1.82, 2.24) is 15.1 Å². The number of halogens is 1. The van der Waals surface area contributed by atoms with Crippen LogP contribution in [0.1, 0.15) is 34.6 Å². The second kappa shape index (κ2) is 5.42. The van der Waals surface area contributed by atoms with Crippen molar-refractivity contribution >= 4 is 5.91 Å². The molecule has 2 rings (SSSR count). The first kappa shape index (κ1) is 14.2. The first-order valence-electron chi connectivity index (χ1n) is 6.20. The molecule has 0 spiro atoms. The van der Waals surface area contributed by atoms with Gasteiger partial charge < -0.3 is 10.4 Å². The minimum atomic E-state index is -0.840. The summed E-state index contributed by atoms with van der Waals surface area (Å²) in [5.41, 5.74) is 1.67. The van der Waals surface area contributed by atoms with Crippen LogP contribution in [0, 0.1) is 12.7 Å². The van der Waals surface area contributed by atoms with E-state index in [-0.39, 0.29) is 17.4 Å². The van der Waals surface area contributed by atoms with Gasteiger partial charge in [-0.3, -0.25) is 4.79 Å². The Morgan fingerprint density at radius 2 is 2.20 bits per heavy atom. The molecule has 1 aromatic carbocycles. The Morgan fingerprint density at radius 1 is 1.50 bits per heavy atom. The molecule has 1 amide bonds. The van der Waals surface area contributed by atoms with Gasteiger partial charge in [-0.25, -0.2) is 9.07 Å². The van der Waals surface area contributed by atoms with Gasteiger partial charge in [-0.15, -0.1) is 0 Å². The van der Waals surface area contributed by atoms with Crippen LogP contribution in [-0.4, -0.2) is 27.8 Å². The molecule has 1 heterocycles. The molecule has 20 heavy (non-hydrogen) atoms. The normalized spacial score (nSPS) is 12.2. The fourth-order valence-corrected chi connectivity index (χ4v) is 1.92. The summed E-state index contributed by atoms with van der Waals surface area (Å²) >= 11 is 0. The van der Waals surface area contributed by atoms with Gasteiger partial charge in [0.15, 0.2) is 5.69 Å². The van der Waals surface area contributed by atoms with E-state index in [2.05, 4.69) is 10.4 Å². The predicted octanol–water partition coefficient (Wildman–Crippen LogP) is 1.73. The SMILES string of the molecule is CNC(=O)c1ccn(-c2cc(C)c(F)cc2C(C)O)n1. The number of nitrogens with zero attached hydrogens (tertiary/aromatic N) is 2. The smallest absolute Gasteiger partial charge is 0.271 e. The molecular weight excluding hydrogens is 261 g/mol. The molecule has 0 fully saturated rings. The van der Waals surface area contributed by atoms with Crippen molar-refractivity contribution in [2.24, 2.45) is 0 Å². The number of carbonyl (C=O) groups excluding carboxylic acids is 1. The highest BCUT2D eigenvalue weighted by Gasteiger charge is 2.15. The van der Waals surface area contributed by atoms with Crippen LogP contribution >= 0.6 is 0 Å². The zero-order valence-corrected chi connectivity index (χ0v) is 11.5. The summed E-state index contributed by atoms with van der Waals surface area (Å²) in [5, 5.41) is 16.4. The molecule has 0 aliphatic rings. The van der Waals surface area contributed by atoms with Gasteiger partial charge in [0.1, 0.15) is 5.82 Å². The largest absolute Gasteiger partial charge is 0.389 e. The summed E-state index contributed by atoms with van der Waals surface area (Å²) in [6, 6.07) is 4.44. The maximum Gasteiger partial charge on any atom is 0.271 e. The molecule has 106 valence electrons. The van der Waals surface area contributed by atoms with Crippen LogP contribution in [0.2, 0.25) is 0 Å². The van der Waals surface area contributed by atoms with Crippen molar-refractivity contribution in [1.29, 1.82) is 0 Å². The number of aryl methyl sites for hydroxylation is 1. The van der Waals surface area contributed by atoms with E-state index in [1.54, 1.807) is 32.2 Å². The second-order valence-electron chi connectivity index (χ2n) is 4.56. The number of carbonyl (C=O) groups is 1. The third-order valence-corrected chi connectivity index (χ3v) is 3.05. The number of aliphatic hydroxyl groups is 1. The summed E-state index contributed by atoms with van der Waals surface area (Å²) in [6.07, 6.45) is 0.760. The number of rotatable bonds is 3. The number of benzene rings is 1. The van der Waals surface area contributed by atoms with Crippen LogP contribution in [0.15, 0.2) is 24.4 Å². The third-order valence-electron chi connectivity index (χ3n) is 3.05. The Balaban J connectivity index is 2.54. The molecule has 2 N–H and O–H groups in total. The Morgan fingerprint density at radius 3 is 2.80 bits per heavy atom. The quantitative estimate of drug-likeness (QED) is 0.898. The topological polar surface area (TPSA) is 67.2 Å². The van der Waals surface area contributed by atoms with Gasteiger partial charge in [-0.1, -0.05) is 0 Å². The summed E-state index contributed by atoms with van der Waals surface area (Å²) in [7, 11) is 1.52. The summed E-state index contributed by atoms with van der Waals surface area (Å²) in [5.74, 6) is -0.690. The highest BCUT2D eigenvalue weighted by atomic mass is 19.1. The number of aromatic nitrogens is 2. The van der Waals surface area contributed by atoms with Crippen molar-refractivity contribution in [2.45, 2.75) is 20.0 Å². The van der Waals surface area contributed by atoms with Gasteiger partial charge in [0.2, 0.25) is 0 Å². The van der Waals surface area contributed by atoms with Gasteiger partial charge in [0, 0.05) is 18.8 Å². The van der Waals surface area contributed by atoms with E-state index in [9.17, 15) is 14.3 Å². The van der Waals surface area contributed by atoms with Gasteiger partial charge in [-0.05, 0) is 37.6 Å². The Kier molecular flexibility index (Phi) is 3.85. The van der Waals surface area contributed by atoms with E-state index in [1.165, 1.54) is 17.8 Å². The first-order valence-corrected chi connectivity index (χ1v) is 6.20. The molecular formula is C14H16FN3O2. The number of hydrogen-bond acceptors (Lipinski definition) is 3. The van der Waals surface area contributed by atoms with Crippen LogP contribution in [0.4, 0.5) is 4.39 Å². The van der Waals surface area contributed by atoms with Crippen molar-refractivity contribution in [3.05, 3.63) is 47.0 Å². The number of nitrogens with one attached hydrogen (secondary N) is 1. The number of amides is 1. The fourth-order valence-electron chi connectivity index (χ4n) is 1.92. The van der Waals surface area contributed by atoms with E-state index < -0.39 is 6.10 Å². The minimum Gasteiger partial charge on any atom is -0.389 e. The first-order chi connectivity index (χ1) is 9.43. The van der Waals surface area contributed by atoms with Gasteiger partial charge in [0.05, 0.1) is 11.8 Å². The maximum absolute atomic E-state index is 13.6. The van der Waals surface area contributed by atoms with Gasteiger partial charge in [0.25, 0.3) is 5.91 Å². The standard InChI is InChI=1S/C14H16FN3O2/c1-8-6-13(10(9(2)19)7-11(8)15)18-5-4-12(17-18)14(20)16-3/h4-7,9,19H,1-3H3,(H,16,20). The molecule has 2 aromatic rings. The van der Waals surface area contributed by atoms with Crippen molar-refractivity contribution in [3.8, 4) is 5.69 Å². The van der Waals surface area contributed by atoms with E-state index in [4.69, 9.17) is 0 Å². The maximum atomic E-state index is 13.6. The van der Waals surface area contributed by atoms with Gasteiger partial charge >= 0.3 is 0 Å². The minimum absolute atomic E-state index is 0.256. The molecule has 1 atom stereocenters. The zero-order chi connectivity index (χ0) is 14.9.